The van der Waals surface area contributed by atoms with Crippen LogP contribution in [-0.2, 0) is 11.3 Å². The molecule has 1 aromatic carbocycles. The van der Waals surface area contributed by atoms with Crippen molar-refractivity contribution in [2.75, 3.05) is 30.4 Å². The molecular weight excluding hydrogens is 360 g/mol. The van der Waals surface area contributed by atoms with Crippen molar-refractivity contribution in [2.45, 2.75) is 38.3 Å². The number of halogens is 1. The number of carbonyl (C=O) groups excluding carboxylic acids is 1. The van der Waals surface area contributed by atoms with Crippen molar-refractivity contribution in [3.8, 4) is 0 Å². The molecule has 2 aromatic rings. The molecule has 0 saturated carbocycles. The molecule has 0 aliphatic carbocycles. The summed E-state index contributed by atoms with van der Waals surface area (Å²) in [6.45, 7) is 4.88. The third-order valence-electron chi connectivity index (χ3n) is 5.81. The highest BCUT2D eigenvalue weighted by Crippen LogP contribution is 2.32. The van der Waals surface area contributed by atoms with Crippen LogP contribution in [0.15, 0.2) is 36.5 Å². The molecule has 0 unspecified atom stereocenters. The second-order valence-electron chi connectivity index (χ2n) is 7.59. The first-order valence-electron chi connectivity index (χ1n) is 9.51. The molecule has 3 heterocycles. The Kier molecular flexibility index (Phi) is 5.06. The molecule has 27 heavy (non-hydrogen) atoms. The molecule has 1 saturated heterocycles. The minimum atomic E-state index is -0.192. The van der Waals surface area contributed by atoms with E-state index in [-0.39, 0.29) is 11.9 Å². The number of likely N-dealkylation sites (tertiary alicyclic amines) is 1. The molecule has 1 aromatic heterocycles. The average molecular weight is 385 g/mol. The topological polar surface area (TPSA) is 48.5 Å². The number of amides is 1. The zero-order valence-electron chi connectivity index (χ0n) is 15.8. The molecule has 0 bridgehead atoms. The van der Waals surface area contributed by atoms with Gasteiger partial charge in [-0.25, -0.2) is 4.98 Å². The number of hydrogen-bond acceptors (Lipinski definition) is 4. The number of piperidine rings is 1. The Balaban J connectivity index is 1.39. The maximum atomic E-state index is 12.1. The lowest BCUT2D eigenvalue weighted by Gasteiger charge is -2.34. The van der Waals surface area contributed by atoms with Crippen LogP contribution in [0.5, 0.6) is 0 Å². The first-order chi connectivity index (χ1) is 13.0. The van der Waals surface area contributed by atoms with Crippen molar-refractivity contribution in [2.24, 2.45) is 0 Å². The maximum absolute atomic E-state index is 12.1. The minimum Gasteiger partial charge on any atom is -0.346 e. The van der Waals surface area contributed by atoms with Crippen molar-refractivity contribution < 1.29 is 4.79 Å². The lowest BCUT2D eigenvalue weighted by molar-refractivity contribution is -0.117. The van der Waals surface area contributed by atoms with E-state index in [4.69, 9.17) is 11.6 Å². The van der Waals surface area contributed by atoms with Crippen molar-refractivity contribution in [1.29, 1.82) is 0 Å². The molecule has 142 valence electrons. The Morgan fingerprint density at radius 2 is 1.93 bits per heavy atom. The minimum absolute atomic E-state index is 0.0210. The fraction of sp³-hybridized carbons (Fsp3) is 0.429. The third-order valence-corrected chi connectivity index (χ3v) is 6.06. The van der Waals surface area contributed by atoms with E-state index < -0.39 is 0 Å². The second kappa shape index (κ2) is 7.49. The Hall–Kier alpha value is -2.11. The van der Waals surface area contributed by atoms with Gasteiger partial charge in [0.2, 0.25) is 5.91 Å². The molecule has 1 N–H and O–H groups in total. The summed E-state index contributed by atoms with van der Waals surface area (Å²) in [5.74, 6) is 1.47. The van der Waals surface area contributed by atoms with Gasteiger partial charge in [0, 0.05) is 24.8 Å². The Bertz CT molecular complexity index is 831. The predicted octanol–water partition coefficient (Wildman–Crippen LogP) is 3.89. The van der Waals surface area contributed by atoms with E-state index in [0.29, 0.717) is 5.92 Å². The Morgan fingerprint density at radius 3 is 2.63 bits per heavy atom. The van der Waals surface area contributed by atoms with Gasteiger partial charge in [-0.1, -0.05) is 23.7 Å². The number of fused-ring (bicyclic) bond motifs is 1. The van der Waals surface area contributed by atoms with Crippen LogP contribution in [0.25, 0.3) is 0 Å². The van der Waals surface area contributed by atoms with E-state index in [1.54, 1.807) is 0 Å². The summed E-state index contributed by atoms with van der Waals surface area (Å²) in [5, 5.41) is 3.77. The number of hydrogen-bond donors (Lipinski definition) is 1. The van der Waals surface area contributed by atoms with Gasteiger partial charge in [0.25, 0.3) is 0 Å². The van der Waals surface area contributed by atoms with Crippen molar-refractivity contribution in [1.82, 2.24) is 9.88 Å². The lowest BCUT2D eigenvalue weighted by Crippen LogP contribution is -2.44. The van der Waals surface area contributed by atoms with Crippen LogP contribution >= 0.6 is 11.6 Å². The molecule has 5 nitrogen and oxygen atoms in total. The van der Waals surface area contributed by atoms with Crippen LogP contribution in [0.4, 0.5) is 11.5 Å². The summed E-state index contributed by atoms with van der Waals surface area (Å²) in [6.07, 6.45) is 4.23. The van der Waals surface area contributed by atoms with Crippen LogP contribution < -0.4 is 10.2 Å². The summed E-state index contributed by atoms with van der Waals surface area (Å²) in [5.41, 5.74) is 3.34. The summed E-state index contributed by atoms with van der Waals surface area (Å²) in [4.78, 5) is 21.0. The van der Waals surface area contributed by atoms with Gasteiger partial charge < -0.3 is 10.2 Å². The number of nitrogens with one attached hydrogen (secondary N) is 1. The van der Waals surface area contributed by atoms with Gasteiger partial charge in [0.05, 0.1) is 5.69 Å². The highest BCUT2D eigenvalue weighted by Gasteiger charge is 2.28. The first kappa shape index (κ1) is 18.3. The zero-order chi connectivity index (χ0) is 19.0. The average Bonchev–Trinajstić information content (AvgIpc) is 2.67. The molecule has 6 heteroatoms. The predicted molar refractivity (Wildman–Crippen MR) is 109 cm³/mol. The van der Waals surface area contributed by atoms with Gasteiger partial charge >= 0.3 is 0 Å². The number of benzene rings is 1. The molecule has 1 atom stereocenters. The standard InChI is InChI=1S/C21H25ClN4O/c1-14-21(27)24-19-11-15(12-23-20(19)25(14)2)13-26-9-7-17(8-10-26)16-3-5-18(22)6-4-16/h3-6,11-12,14,17H,7-10,13H2,1-2H3,(H,24,27)/t14-/m0/s1. The highest BCUT2D eigenvalue weighted by molar-refractivity contribution is 6.30. The molecule has 0 radical (unpaired) electrons. The quantitative estimate of drug-likeness (QED) is 0.872. The van der Waals surface area contributed by atoms with E-state index in [1.165, 1.54) is 5.56 Å². The van der Waals surface area contributed by atoms with Crippen LogP contribution in [0, 0.1) is 0 Å². The largest absolute Gasteiger partial charge is 0.346 e. The lowest BCUT2D eigenvalue weighted by atomic mass is 9.89. The van der Waals surface area contributed by atoms with Crippen molar-refractivity contribution in [3.05, 3.63) is 52.7 Å². The van der Waals surface area contributed by atoms with Gasteiger partial charge in [0.1, 0.15) is 6.04 Å². The number of likely N-dealkylation sites (N-methyl/N-ethyl adjacent to an activating group) is 1. The summed E-state index contributed by atoms with van der Waals surface area (Å²) < 4.78 is 0. The van der Waals surface area contributed by atoms with Gasteiger partial charge in [-0.2, -0.15) is 0 Å². The van der Waals surface area contributed by atoms with E-state index in [9.17, 15) is 4.79 Å². The van der Waals surface area contributed by atoms with Gasteiger partial charge in [-0.15, -0.1) is 0 Å². The van der Waals surface area contributed by atoms with E-state index in [0.717, 1.165) is 54.6 Å². The van der Waals surface area contributed by atoms with E-state index in [2.05, 4.69) is 33.4 Å². The van der Waals surface area contributed by atoms with Crippen molar-refractivity contribution >= 4 is 29.0 Å². The summed E-state index contributed by atoms with van der Waals surface area (Å²) in [7, 11) is 1.91. The highest BCUT2D eigenvalue weighted by atomic mass is 35.5. The molecule has 2 aliphatic heterocycles. The fourth-order valence-corrected chi connectivity index (χ4v) is 4.10. The van der Waals surface area contributed by atoms with Gasteiger partial charge in [-0.3, -0.25) is 9.69 Å². The van der Waals surface area contributed by atoms with Crippen LogP contribution in [0.3, 0.4) is 0 Å². The first-order valence-corrected chi connectivity index (χ1v) is 9.89. The number of carbonyl (C=O) groups is 1. The molecule has 2 aliphatic rings. The monoisotopic (exact) mass is 384 g/mol. The molecule has 0 spiro atoms. The van der Waals surface area contributed by atoms with Crippen molar-refractivity contribution in [3.63, 3.8) is 0 Å². The Labute approximate surface area is 165 Å². The number of aromatic nitrogens is 1. The van der Waals surface area contributed by atoms with E-state index >= 15 is 0 Å². The zero-order valence-corrected chi connectivity index (χ0v) is 16.5. The maximum Gasteiger partial charge on any atom is 0.246 e. The number of anilines is 2. The SMILES string of the molecule is C[C@H]1C(=O)Nc2cc(CN3CCC(c4ccc(Cl)cc4)CC3)cnc2N1C. The second-order valence-corrected chi connectivity index (χ2v) is 8.03. The fourth-order valence-electron chi connectivity index (χ4n) is 3.97. The number of pyridine rings is 1. The Morgan fingerprint density at radius 1 is 1.22 bits per heavy atom. The molecular formula is C21H25ClN4O. The summed E-state index contributed by atoms with van der Waals surface area (Å²) in [6, 6.07) is 10.1. The van der Waals surface area contributed by atoms with Gasteiger partial charge in [-0.05, 0) is 68.1 Å². The van der Waals surface area contributed by atoms with Crippen LogP contribution in [0.2, 0.25) is 5.02 Å². The molecule has 1 amide bonds. The number of nitrogens with zero attached hydrogens (tertiary/aromatic N) is 3. The van der Waals surface area contributed by atoms with Crippen LogP contribution in [-0.4, -0.2) is 42.0 Å². The van der Waals surface area contributed by atoms with Gasteiger partial charge in [0.15, 0.2) is 5.82 Å². The number of rotatable bonds is 3. The smallest absolute Gasteiger partial charge is 0.246 e. The van der Waals surface area contributed by atoms with E-state index in [1.807, 2.05) is 37.2 Å². The normalized spacial score (nSPS) is 21.1. The third kappa shape index (κ3) is 3.80. The summed E-state index contributed by atoms with van der Waals surface area (Å²) >= 11 is 6.00. The van der Waals surface area contributed by atoms with Crippen LogP contribution in [0.1, 0.15) is 36.8 Å². The molecule has 4 rings (SSSR count). The molecule has 1 fully saturated rings.